The molecule has 2 aromatic rings. The van der Waals surface area contributed by atoms with Gasteiger partial charge in [-0.1, -0.05) is 11.6 Å². The van der Waals surface area contributed by atoms with Crippen molar-refractivity contribution in [2.24, 2.45) is 4.99 Å². The molecule has 0 spiro atoms. The predicted molar refractivity (Wildman–Crippen MR) is 96.5 cm³/mol. The van der Waals surface area contributed by atoms with Crippen LogP contribution < -0.4 is 4.90 Å². The van der Waals surface area contributed by atoms with Crippen molar-refractivity contribution in [1.82, 2.24) is 4.90 Å². The molecule has 1 fully saturated rings. The van der Waals surface area contributed by atoms with E-state index in [0.717, 1.165) is 31.9 Å². The molecule has 120 valence electrons. The smallest absolute Gasteiger partial charge is 0.124 e. The molecule has 23 heavy (non-hydrogen) atoms. The van der Waals surface area contributed by atoms with Gasteiger partial charge in [-0.3, -0.25) is 4.99 Å². The second-order valence-electron chi connectivity index (χ2n) is 5.77. The minimum absolute atomic E-state index is 0.173. The van der Waals surface area contributed by atoms with Gasteiger partial charge in [-0.25, -0.2) is 0 Å². The van der Waals surface area contributed by atoms with E-state index in [4.69, 9.17) is 11.6 Å². The molecule has 0 amide bonds. The molecule has 1 saturated heterocycles. The zero-order valence-electron chi connectivity index (χ0n) is 13.1. The molecule has 0 aliphatic carbocycles. The summed E-state index contributed by atoms with van der Waals surface area (Å²) in [6.07, 6.45) is 1.63. The first kappa shape index (κ1) is 15.8. The molecule has 3 rings (SSSR count). The van der Waals surface area contributed by atoms with Crippen LogP contribution in [0.2, 0.25) is 5.02 Å². The second-order valence-corrected chi connectivity index (χ2v) is 6.20. The third-order valence-corrected chi connectivity index (χ3v) is 4.30. The third kappa shape index (κ3) is 4.03. The molecule has 0 aromatic heterocycles. The van der Waals surface area contributed by atoms with E-state index in [1.807, 2.05) is 12.1 Å². The van der Waals surface area contributed by atoms with Gasteiger partial charge in [0.05, 0.1) is 5.69 Å². The van der Waals surface area contributed by atoms with Crippen molar-refractivity contribution < 1.29 is 5.11 Å². The number of likely N-dealkylation sites (N-methyl/N-ethyl adjacent to an activating group) is 1. The number of nitrogens with zero attached hydrogens (tertiary/aromatic N) is 3. The molecule has 0 atom stereocenters. The molecule has 4 nitrogen and oxygen atoms in total. The second kappa shape index (κ2) is 7.02. The van der Waals surface area contributed by atoms with Crippen LogP contribution >= 0.6 is 11.6 Å². The zero-order valence-corrected chi connectivity index (χ0v) is 13.9. The van der Waals surface area contributed by atoms with E-state index in [-0.39, 0.29) is 5.75 Å². The number of aliphatic imine (C=N–C) groups is 1. The van der Waals surface area contributed by atoms with Crippen LogP contribution in [0.5, 0.6) is 5.75 Å². The molecule has 1 aliphatic rings. The summed E-state index contributed by atoms with van der Waals surface area (Å²) < 4.78 is 0. The highest BCUT2D eigenvalue weighted by molar-refractivity contribution is 6.30. The topological polar surface area (TPSA) is 39.1 Å². The molecule has 1 heterocycles. The summed E-state index contributed by atoms with van der Waals surface area (Å²) in [6, 6.07) is 13.1. The molecule has 0 saturated carbocycles. The molecule has 5 heteroatoms. The molecular weight excluding hydrogens is 310 g/mol. The lowest BCUT2D eigenvalue weighted by molar-refractivity contribution is 0.313. The number of phenols is 1. The average molecular weight is 330 g/mol. The Labute approximate surface area is 141 Å². The Balaban J connectivity index is 1.70. The maximum atomic E-state index is 9.79. The number of benzene rings is 2. The van der Waals surface area contributed by atoms with Crippen LogP contribution in [0.1, 0.15) is 5.56 Å². The Bertz CT molecular complexity index is 692. The van der Waals surface area contributed by atoms with E-state index in [1.165, 1.54) is 5.69 Å². The van der Waals surface area contributed by atoms with E-state index < -0.39 is 0 Å². The summed E-state index contributed by atoms with van der Waals surface area (Å²) in [5.41, 5.74) is 2.69. The Morgan fingerprint density at radius 2 is 1.74 bits per heavy atom. The van der Waals surface area contributed by atoms with E-state index in [2.05, 4.69) is 34.0 Å². The zero-order chi connectivity index (χ0) is 16.2. The van der Waals surface area contributed by atoms with Gasteiger partial charge in [0.15, 0.2) is 0 Å². The summed E-state index contributed by atoms with van der Waals surface area (Å²) in [5.74, 6) is 0.173. The van der Waals surface area contributed by atoms with Gasteiger partial charge >= 0.3 is 0 Å². The Hall–Kier alpha value is -2.04. The molecule has 0 radical (unpaired) electrons. The fourth-order valence-electron chi connectivity index (χ4n) is 2.59. The highest BCUT2D eigenvalue weighted by atomic mass is 35.5. The molecule has 1 N–H and O–H groups in total. The van der Waals surface area contributed by atoms with Crippen molar-refractivity contribution in [1.29, 1.82) is 0 Å². The summed E-state index contributed by atoms with van der Waals surface area (Å²) >= 11 is 5.93. The summed E-state index contributed by atoms with van der Waals surface area (Å²) in [5, 5.41) is 10.4. The predicted octanol–water partition coefficient (Wildman–Crippen LogP) is 3.55. The Morgan fingerprint density at radius 1 is 1.04 bits per heavy atom. The van der Waals surface area contributed by atoms with Crippen molar-refractivity contribution in [2.75, 3.05) is 38.1 Å². The van der Waals surface area contributed by atoms with Gasteiger partial charge in [-0.05, 0) is 49.5 Å². The average Bonchev–Trinajstić information content (AvgIpc) is 2.57. The van der Waals surface area contributed by atoms with Crippen molar-refractivity contribution in [2.45, 2.75) is 0 Å². The van der Waals surface area contributed by atoms with E-state index >= 15 is 0 Å². The fourth-order valence-corrected chi connectivity index (χ4v) is 2.77. The van der Waals surface area contributed by atoms with Gasteiger partial charge in [0.25, 0.3) is 0 Å². The Morgan fingerprint density at radius 3 is 2.43 bits per heavy atom. The van der Waals surface area contributed by atoms with Crippen LogP contribution in [-0.4, -0.2) is 49.4 Å². The third-order valence-electron chi connectivity index (χ3n) is 4.06. The van der Waals surface area contributed by atoms with Gasteiger partial charge in [0.1, 0.15) is 5.75 Å². The van der Waals surface area contributed by atoms with E-state index in [0.29, 0.717) is 10.6 Å². The first-order valence-electron chi connectivity index (χ1n) is 7.68. The summed E-state index contributed by atoms with van der Waals surface area (Å²) in [7, 11) is 2.15. The quantitative estimate of drug-likeness (QED) is 0.875. The largest absolute Gasteiger partial charge is 0.507 e. The first-order chi connectivity index (χ1) is 11.1. The molecular formula is C18H20ClN3O. The summed E-state index contributed by atoms with van der Waals surface area (Å²) in [6.45, 7) is 4.28. The van der Waals surface area contributed by atoms with E-state index in [9.17, 15) is 5.11 Å². The van der Waals surface area contributed by atoms with Gasteiger partial charge in [0, 0.05) is 48.7 Å². The standard InChI is InChI=1S/C18H20ClN3O/c1-21-8-10-22(11-9-21)17-5-3-16(4-6-17)20-13-14-12-15(19)2-7-18(14)23/h2-7,12-13,23H,8-11H2,1H3. The van der Waals surface area contributed by atoms with Gasteiger partial charge in [-0.15, -0.1) is 0 Å². The minimum Gasteiger partial charge on any atom is -0.507 e. The highest BCUT2D eigenvalue weighted by Crippen LogP contribution is 2.23. The van der Waals surface area contributed by atoms with Crippen LogP contribution in [-0.2, 0) is 0 Å². The molecule has 1 aliphatic heterocycles. The molecule has 2 aromatic carbocycles. The molecule has 0 unspecified atom stereocenters. The highest BCUT2D eigenvalue weighted by Gasteiger charge is 2.13. The number of hydrogen-bond acceptors (Lipinski definition) is 4. The van der Waals surface area contributed by atoms with Crippen LogP contribution in [0.25, 0.3) is 0 Å². The lowest BCUT2D eigenvalue weighted by atomic mass is 10.2. The van der Waals surface area contributed by atoms with Crippen molar-refractivity contribution >= 4 is 29.2 Å². The number of aromatic hydroxyl groups is 1. The SMILES string of the molecule is CN1CCN(c2ccc(N=Cc3cc(Cl)ccc3O)cc2)CC1. The fraction of sp³-hybridized carbons (Fsp3) is 0.278. The lowest BCUT2D eigenvalue weighted by Crippen LogP contribution is -2.44. The van der Waals surface area contributed by atoms with Gasteiger partial charge < -0.3 is 14.9 Å². The van der Waals surface area contributed by atoms with Crippen molar-refractivity contribution in [3.8, 4) is 5.75 Å². The number of piperazine rings is 1. The van der Waals surface area contributed by atoms with Crippen LogP contribution in [0.15, 0.2) is 47.5 Å². The molecule has 0 bridgehead atoms. The van der Waals surface area contributed by atoms with Gasteiger partial charge in [0.2, 0.25) is 0 Å². The van der Waals surface area contributed by atoms with E-state index in [1.54, 1.807) is 24.4 Å². The summed E-state index contributed by atoms with van der Waals surface area (Å²) in [4.78, 5) is 9.13. The number of hydrogen-bond donors (Lipinski definition) is 1. The number of phenolic OH excluding ortho intramolecular Hbond substituents is 1. The van der Waals surface area contributed by atoms with Crippen LogP contribution in [0.4, 0.5) is 11.4 Å². The van der Waals surface area contributed by atoms with Crippen molar-refractivity contribution in [3.05, 3.63) is 53.1 Å². The monoisotopic (exact) mass is 329 g/mol. The normalized spacial score (nSPS) is 16.2. The van der Waals surface area contributed by atoms with Crippen molar-refractivity contribution in [3.63, 3.8) is 0 Å². The van der Waals surface area contributed by atoms with Gasteiger partial charge in [-0.2, -0.15) is 0 Å². The lowest BCUT2D eigenvalue weighted by Gasteiger charge is -2.34. The maximum Gasteiger partial charge on any atom is 0.124 e. The first-order valence-corrected chi connectivity index (χ1v) is 8.06. The number of halogens is 1. The van der Waals surface area contributed by atoms with Crippen LogP contribution in [0, 0.1) is 0 Å². The van der Waals surface area contributed by atoms with Crippen LogP contribution in [0.3, 0.4) is 0 Å². The maximum absolute atomic E-state index is 9.79. The number of rotatable bonds is 3. The minimum atomic E-state index is 0.173. The number of anilines is 1. The Kier molecular flexibility index (Phi) is 4.84.